The lowest BCUT2D eigenvalue weighted by molar-refractivity contribution is -0.152. The molecule has 1 saturated heterocycles. The Balaban J connectivity index is 2.05. The van der Waals surface area contributed by atoms with Gasteiger partial charge < -0.3 is 33.9 Å². The average Bonchev–Trinajstić information content (AvgIpc) is 3.01. The summed E-state index contributed by atoms with van der Waals surface area (Å²) in [5, 5.41) is 21.3. The van der Waals surface area contributed by atoms with Gasteiger partial charge in [-0.3, -0.25) is 0 Å². The Kier molecular flexibility index (Phi) is 6.93. The third-order valence-corrected chi connectivity index (χ3v) is 5.21. The Morgan fingerprint density at radius 2 is 1.87 bits per heavy atom. The fraction of sp³-hybridized carbons (Fsp3) is 0.522. The first-order chi connectivity index (χ1) is 14.7. The third kappa shape index (κ3) is 5.03. The number of carbonyl (C=O) groups excluding carboxylic acids is 1. The van der Waals surface area contributed by atoms with E-state index in [0.717, 1.165) is 0 Å². The number of aliphatic hydroxyl groups excluding tert-OH is 1. The fourth-order valence-electron chi connectivity index (χ4n) is 3.81. The van der Waals surface area contributed by atoms with E-state index in [0.29, 0.717) is 18.4 Å². The van der Waals surface area contributed by atoms with E-state index < -0.39 is 36.2 Å². The zero-order valence-corrected chi connectivity index (χ0v) is 18.5. The van der Waals surface area contributed by atoms with E-state index in [1.165, 1.54) is 14.2 Å². The minimum absolute atomic E-state index is 0.0118. The number of aromatic hydroxyl groups is 1. The Morgan fingerprint density at radius 3 is 2.55 bits per heavy atom. The summed E-state index contributed by atoms with van der Waals surface area (Å²) in [5.74, 6) is -1.53. The molecule has 0 saturated carbocycles. The number of phenolic OH excluding ortho intramolecular Hbond substituents is 1. The zero-order chi connectivity index (χ0) is 22.8. The molecule has 8 nitrogen and oxygen atoms in total. The van der Waals surface area contributed by atoms with E-state index in [2.05, 4.69) is 0 Å². The molecule has 1 unspecified atom stereocenters. The lowest BCUT2D eigenvalue weighted by Gasteiger charge is -2.20. The fourth-order valence-corrected chi connectivity index (χ4v) is 3.81. The van der Waals surface area contributed by atoms with Crippen LogP contribution in [0.2, 0.25) is 0 Å². The van der Waals surface area contributed by atoms with Gasteiger partial charge in [-0.2, -0.15) is 0 Å². The second kappa shape index (κ2) is 9.30. The van der Waals surface area contributed by atoms with Crippen molar-refractivity contribution in [1.82, 2.24) is 0 Å². The molecule has 3 rings (SSSR count). The van der Waals surface area contributed by atoms with Gasteiger partial charge in [0, 0.05) is 6.42 Å². The van der Waals surface area contributed by atoms with Crippen molar-refractivity contribution >= 4 is 12.0 Å². The number of hydrogen-bond donors (Lipinski definition) is 2. The van der Waals surface area contributed by atoms with Crippen LogP contribution in [0, 0.1) is 0 Å². The van der Waals surface area contributed by atoms with Crippen LogP contribution in [-0.2, 0) is 14.2 Å². The average molecular weight is 434 g/mol. The number of carbonyl (C=O) groups is 1. The SMILES string of the molecule is COc1cc2c(c(O)c1OC)C(=O)O[C@@H](C)C/C=C\C(O)[C@H]1OC(C)(C)O[C@H]1C/C=C/2. The molecule has 1 fully saturated rings. The number of ether oxygens (including phenoxy) is 5. The van der Waals surface area contributed by atoms with Crippen LogP contribution in [0.15, 0.2) is 24.3 Å². The van der Waals surface area contributed by atoms with Gasteiger partial charge in [-0.05, 0) is 38.8 Å². The molecule has 0 amide bonds. The van der Waals surface area contributed by atoms with Gasteiger partial charge in [0.2, 0.25) is 5.75 Å². The van der Waals surface area contributed by atoms with Gasteiger partial charge >= 0.3 is 5.97 Å². The second-order valence-electron chi connectivity index (χ2n) is 8.07. The summed E-state index contributed by atoms with van der Waals surface area (Å²) in [6.07, 6.45) is 5.34. The maximum absolute atomic E-state index is 12.9. The van der Waals surface area contributed by atoms with Gasteiger partial charge in [0.25, 0.3) is 0 Å². The summed E-state index contributed by atoms with van der Waals surface area (Å²) in [6, 6.07) is 1.60. The van der Waals surface area contributed by atoms with Crippen molar-refractivity contribution in [3.8, 4) is 17.2 Å². The molecule has 2 N–H and O–H groups in total. The Hall–Kier alpha value is -2.55. The van der Waals surface area contributed by atoms with Crippen molar-refractivity contribution in [2.45, 2.75) is 63.8 Å². The zero-order valence-electron chi connectivity index (χ0n) is 18.5. The van der Waals surface area contributed by atoms with Crippen LogP contribution >= 0.6 is 0 Å². The monoisotopic (exact) mass is 434 g/mol. The molecular formula is C23H30O8. The molecule has 1 aromatic rings. The summed E-state index contributed by atoms with van der Waals surface area (Å²) >= 11 is 0. The lowest BCUT2D eigenvalue weighted by atomic mass is 10.0. The van der Waals surface area contributed by atoms with Gasteiger partial charge in [-0.1, -0.05) is 24.3 Å². The van der Waals surface area contributed by atoms with Gasteiger partial charge in [0.15, 0.2) is 17.3 Å². The molecule has 0 aromatic heterocycles. The van der Waals surface area contributed by atoms with Gasteiger partial charge in [0.05, 0.1) is 20.3 Å². The largest absolute Gasteiger partial charge is 0.504 e. The number of hydrogen-bond acceptors (Lipinski definition) is 8. The number of cyclic esters (lactones) is 1. The van der Waals surface area contributed by atoms with E-state index >= 15 is 0 Å². The summed E-state index contributed by atoms with van der Waals surface area (Å²) in [5.41, 5.74) is 0.400. The van der Waals surface area contributed by atoms with Crippen molar-refractivity contribution in [2.24, 2.45) is 0 Å². The molecule has 4 atom stereocenters. The van der Waals surface area contributed by atoms with E-state index in [1.807, 2.05) is 0 Å². The first-order valence-corrected chi connectivity index (χ1v) is 10.2. The van der Waals surface area contributed by atoms with Crippen LogP contribution in [-0.4, -0.2) is 60.6 Å². The van der Waals surface area contributed by atoms with E-state index in [-0.39, 0.29) is 22.8 Å². The molecule has 0 bridgehead atoms. The van der Waals surface area contributed by atoms with E-state index in [1.54, 1.807) is 51.1 Å². The molecule has 2 aliphatic rings. The number of fused-ring (bicyclic) bond motifs is 2. The number of aliphatic hydroxyl groups is 1. The van der Waals surface area contributed by atoms with Crippen molar-refractivity contribution in [3.05, 3.63) is 35.4 Å². The number of benzene rings is 1. The predicted octanol–water partition coefficient (Wildman–Crippen LogP) is 3.20. The summed E-state index contributed by atoms with van der Waals surface area (Å²) in [4.78, 5) is 12.9. The highest BCUT2D eigenvalue weighted by molar-refractivity contribution is 5.98. The smallest absolute Gasteiger partial charge is 0.342 e. The quantitative estimate of drug-likeness (QED) is 0.540. The maximum atomic E-state index is 12.9. The Labute approximate surface area is 182 Å². The van der Waals surface area contributed by atoms with Crippen LogP contribution in [0.4, 0.5) is 0 Å². The second-order valence-corrected chi connectivity index (χ2v) is 8.07. The van der Waals surface area contributed by atoms with Gasteiger partial charge in [0.1, 0.15) is 23.9 Å². The van der Waals surface area contributed by atoms with Crippen molar-refractivity contribution in [2.75, 3.05) is 14.2 Å². The molecule has 0 radical (unpaired) electrons. The van der Waals surface area contributed by atoms with Crippen LogP contribution in [0.5, 0.6) is 17.2 Å². The molecule has 2 heterocycles. The van der Waals surface area contributed by atoms with Gasteiger partial charge in [-0.25, -0.2) is 4.79 Å². The summed E-state index contributed by atoms with van der Waals surface area (Å²) in [7, 11) is 2.83. The van der Waals surface area contributed by atoms with Crippen LogP contribution < -0.4 is 9.47 Å². The normalized spacial score (nSPS) is 30.3. The molecule has 1 aromatic carbocycles. The van der Waals surface area contributed by atoms with Crippen LogP contribution in [0.25, 0.3) is 6.08 Å². The Bertz CT molecular complexity index is 873. The maximum Gasteiger partial charge on any atom is 0.342 e. The predicted molar refractivity (Wildman–Crippen MR) is 113 cm³/mol. The highest BCUT2D eigenvalue weighted by Crippen LogP contribution is 2.42. The topological polar surface area (TPSA) is 104 Å². The van der Waals surface area contributed by atoms with Crippen LogP contribution in [0.1, 0.15) is 49.5 Å². The number of esters is 1. The minimum Gasteiger partial charge on any atom is -0.504 e. The van der Waals surface area contributed by atoms with E-state index in [4.69, 9.17) is 23.7 Å². The Morgan fingerprint density at radius 1 is 1.13 bits per heavy atom. The number of methoxy groups -OCH3 is 2. The third-order valence-electron chi connectivity index (χ3n) is 5.21. The van der Waals surface area contributed by atoms with Crippen molar-refractivity contribution in [1.29, 1.82) is 0 Å². The first-order valence-electron chi connectivity index (χ1n) is 10.2. The minimum atomic E-state index is -0.869. The first kappa shape index (κ1) is 23.1. The highest BCUT2D eigenvalue weighted by Gasteiger charge is 2.43. The molecule has 8 heteroatoms. The van der Waals surface area contributed by atoms with Crippen LogP contribution in [0.3, 0.4) is 0 Å². The lowest BCUT2D eigenvalue weighted by Crippen LogP contribution is -2.34. The van der Waals surface area contributed by atoms with Crippen molar-refractivity contribution < 1.29 is 38.7 Å². The number of rotatable bonds is 2. The molecule has 0 aliphatic carbocycles. The summed E-state index contributed by atoms with van der Waals surface area (Å²) in [6.45, 7) is 5.33. The molecule has 31 heavy (non-hydrogen) atoms. The molecule has 170 valence electrons. The van der Waals surface area contributed by atoms with E-state index in [9.17, 15) is 15.0 Å². The molecular weight excluding hydrogens is 404 g/mol. The summed E-state index contributed by atoms with van der Waals surface area (Å²) < 4.78 is 27.9. The van der Waals surface area contributed by atoms with Crippen molar-refractivity contribution in [3.63, 3.8) is 0 Å². The highest BCUT2D eigenvalue weighted by atomic mass is 16.8. The number of phenols is 1. The molecule has 2 aliphatic heterocycles. The standard InChI is InChI=1S/C23H30O8/c1-13-8-6-10-15(24)20-16(30-23(2,3)31-20)11-7-9-14-12-17(27-4)21(28-5)19(25)18(14)22(26)29-13/h6-7,9-10,12-13,15-16,20,24-25H,8,11H2,1-5H3/b9-7+,10-6-/t13-,15?,16-,20+/m0/s1. The molecule has 0 spiro atoms. The van der Waals surface area contributed by atoms with Gasteiger partial charge in [-0.15, -0.1) is 0 Å².